The summed E-state index contributed by atoms with van der Waals surface area (Å²) in [6, 6.07) is 7.00. The van der Waals surface area contributed by atoms with Crippen molar-refractivity contribution in [3.63, 3.8) is 0 Å². The number of aromatic nitrogens is 1. The molecule has 8 heteroatoms. The Kier molecular flexibility index (Phi) is 6.41. The summed E-state index contributed by atoms with van der Waals surface area (Å²) in [5.74, 6) is -0.740. The average Bonchev–Trinajstić information content (AvgIpc) is 2.88. The van der Waals surface area contributed by atoms with E-state index in [-0.39, 0.29) is 11.5 Å². The lowest BCUT2D eigenvalue weighted by Crippen LogP contribution is -2.11. The van der Waals surface area contributed by atoms with E-state index in [9.17, 15) is 9.59 Å². The molecule has 0 bridgehead atoms. The molecule has 112 valence electrons. The number of halogens is 1. The van der Waals surface area contributed by atoms with Gasteiger partial charge in [0.15, 0.2) is 0 Å². The van der Waals surface area contributed by atoms with Crippen molar-refractivity contribution in [3.8, 4) is 0 Å². The van der Waals surface area contributed by atoms with E-state index in [1.54, 1.807) is 31.2 Å². The SMILES string of the molecule is Cc1oncc1C(=O)O.Nc1ccc(NC(=O)CBr)cc1. The van der Waals surface area contributed by atoms with Gasteiger partial charge in [-0.05, 0) is 31.2 Å². The predicted molar refractivity (Wildman–Crippen MR) is 81.5 cm³/mol. The molecule has 0 aliphatic rings. The first-order valence-corrected chi connectivity index (χ1v) is 6.92. The number of carbonyl (C=O) groups excluding carboxylic acids is 1. The summed E-state index contributed by atoms with van der Waals surface area (Å²) in [5.41, 5.74) is 7.03. The number of rotatable bonds is 3. The van der Waals surface area contributed by atoms with Crippen molar-refractivity contribution in [3.05, 3.63) is 41.8 Å². The summed E-state index contributed by atoms with van der Waals surface area (Å²) in [6.45, 7) is 1.55. The van der Waals surface area contributed by atoms with Gasteiger partial charge >= 0.3 is 5.97 Å². The first kappa shape index (κ1) is 16.7. The number of alkyl halides is 1. The monoisotopic (exact) mass is 355 g/mol. The second-order valence-corrected chi connectivity index (χ2v) is 4.47. The number of benzene rings is 1. The minimum absolute atomic E-state index is 0.0697. The Morgan fingerprint density at radius 2 is 2.00 bits per heavy atom. The number of hydrogen-bond acceptors (Lipinski definition) is 5. The molecule has 0 saturated carbocycles. The molecule has 21 heavy (non-hydrogen) atoms. The van der Waals surface area contributed by atoms with Crippen LogP contribution in [0.15, 0.2) is 35.0 Å². The zero-order chi connectivity index (χ0) is 15.8. The number of aromatic carboxylic acids is 1. The van der Waals surface area contributed by atoms with Crippen molar-refractivity contribution in [1.82, 2.24) is 5.16 Å². The Morgan fingerprint density at radius 1 is 1.38 bits per heavy atom. The second-order valence-electron chi connectivity index (χ2n) is 3.90. The van der Waals surface area contributed by atoms with Gasteiger partial charge in [-0.25, -0.2) is 4.79 Å². The highest BCUT2D eigenvalue weighted by Gasteiger charge is 2.09. The molecule has 7 nitrogen and oxygen atoms in total. The number of amides is 1. The van der Waals surface area contributed by atoms with Crippen LogP contribution in [0.3, 0.4) is 0 Å². The molecule has 1 amide bonds. The molecule has 0 unspecified atom stereocenters. The minimum Gasteiger partial charge on any atom is -0.478 e. The van der Waals surface area contributed by atoms with Gasteiger partial charge in [0, 0.05) is 11.4 Å². The molecule has 1 aromatic heterocycles. The van der Waals surface area contributed by atoms with Gasteiger partial charge in [0.2, 0.25) is 5.91 Å². The average molecular weight is 356 g/mol. The number of carboxylic acids is 1. The fraction of sp³-hybridized carbons (Fsp3) is 0.154. The summed E-state index contributed by atoms with van der Waals surface area (Å²) in [5, 5.41) is 14.6. The maximum absolute atomic E-state index is 10.9. The zero-order valence-corrected chi connectivity index (χ0v) is 12.8. The number of nitrogens with one attached hydrogen (secondary N) is 1. The van der Waals surface area contributed by atoms with Crippen molar-refractivity contribution in [2.24, 2.45) is 0 Å². The topological polar surface area (TPSA) is 118 Å². The summed E-state index contributed by atoms with van der Waals surface area (Å²) < 4.78 is 4.49. The maximum Gasteiger partial charge on any atom is 0.340 e. The van der Waals surface area contributed by atoms with Crippen molar-refractivity contribution in [1.29, 1.82) is 0 Å². The van der Waals surface area contributed by atoms with Crippen molar-refractivity contribution in [2.45, 2.75) is 6.92 Å². The van der Waals surface area contributed by atoms with Crippen LogP contribution in [0.25, 0.3) is 0 Å². The molecule has 0 aliphatic heterocycles. The van der Waals surface area contributed by atoms with Gasteiger partial charge in [0.25, 0.3) is 0 Å². The molecule has 0 spiro atoms. The standard InChI is InChI=1S/C8H9BrN2O.C5H5NO3/c9-5-8(12)11-7-3-1-6(10)2-4-7;1-3-4(5(7)8)2-6-9-3/h1-4H,5,10H2,(H,11,12);2H,1H3,(H,7,8). The van der Waals surface area contributed by atoms with Gasteiger partial charge in [-0.1, -0.05) is 21.1 Å². The lowest BCUT2D eigenvalue weighted by Gasteiger charge is -2.02. The third-order valence-corrected chi connectivity index (χ3v) is 2.81. The lowest BCUT2D eigenvalue weighted by atomic mass is 10.3. The Labute approximate surface area is 129 Å². The molecule has 0 aliphatic carbocycles. The largest absolute Gasteiger partial charge is 0.478 e. The first-order chi connectivity index (χ1) is 9.93. The molecule has 0 saturated heterocycles. The molecular formula is C13H14BrN3O4. The number of anilines is 2. The molecule has 0 radical (unpaired) electrons. The van der Waals surface area contributed by atoms with Crippen LogP contribution in [-0.4, -0.2) is 27.5 Å². The highest BCUT2D eigenvalue weighted by Crippen LogP contribution is 2.10. The number of nitrogen functional groups attached to an aromatic ring is 1. The molecule has 1 heterocycles. The summed E-state index contributed by atoms with van der Waals surface area (Å²) in [7, 11) is 0. The Hall–Kier alpha value is -2.35. The van der Waals surface area contributed by atoms with Crippen LogP contribution in [0.1, 0.15) is 16.1 Å². The number of carbonyl (C=O) groups is 2. The second kappa shape index (κ2) is 8.05. The van der Waals surface area contributed by atoms with Gasteiger partial charge in [0.05, 0.1) is 11.5 Å². The summed E-state index contributed by atoms with van der Waals surface area (Å²) >= 11 is 3.05. The normalized spacial score (nSPS) is 9.43. The zero-order valence-electron chi connectivity index (χ0n) is 11.2. The third kappa shape index (κ3) is 5.65. The molecule has 4 N–H and O–H groups in total. The van der Waals surface area contributed by atoms with E-state index in [0.29, 0.717) is 16.8 Å². The van der Waals surface area contributed by atoms with Crippen LogP contribution in [0.4, 0.5) is 11.4 Å². The van der Waals surface area contributed by atoms with Crippen LogP contribution < -0.4 is 11.1 Å². The van der Waals surface area contributed by atoms with Crippen LogP contribution in [0.2, 0.25) is 0 Å². The van der Waals surface area contributed by atoms with Crippen LogP contribution in [0, 0.1) is 6.92 Å². The van der Waals surface area contributed by atoms with Crippen molar-refractivity contribution < 1.29 is 19.2 Å². The summed E-state index contributed by atoms with van der Waals surface area (Å²) in [6.07, 6.45) is 1.18. The molecule has 2 aromatic rings. The Morgan fingerprint density at radius 3 is 2.38 bits per heavy atom. The van der Waals surface area contributed by atoms with Crippen molar-refractivity contribution >= 4 is 39.2 Å². The Balaban J connectivity index is 0.000000219. The first-order valence-electron chi connectivity index (χ1n) is 5.80. The van der Waals surface area contributed by atoms with Gasteiger partial charge in [-0.3, -0.25) is 4.79 Å². The molecule has 0 atom stereocenters. The van der Waals surface area contributed by atoms with Crippen molar-refractivity contribution in [2.75, 3.05) is 16.4 Å². The maximum atomic E-state index is 10.9. The highest BCUT2D eigenvalue weighted by atomic mass is 79.9. The molecular weight excluding hydrogens is 342 g/mol. The number of nitrogens with two attached hydrogens (primary N) is 1. The van der Waals surface area contributed by atoms with Gasteiger partial charge in [0.1, 0.15) is 11.3 Å². The van der Waals surface area contributed by atoms with E-state index >= 15 is 0 Å². The smallest absolute Gasteiger partial charge is 0.340 e. The van der Waals surface area contributed by atoms with Gasteiger partial charge in [-0.2, -0.15) is 0 Å². The Bertz CT molecular complexity index is 610. The van der Waals surface area contributed by atoms with E-state index in [1.165, 1.54) is 6.20 Å². The molecule has 0 fully saturated rings. The third-order valence-electron chi connectivity index (χ3n) is 2.30. The van der Waals surface area contributed by atoms with Crippen LogP contribution in [0.5, 0.6) is 0 Å². The van der Waals surface area contributed by atoms with Crippen LogP contribution in [-0.2, 0) is 4.79 Å². The predicted octanol–water partition coefficient (Wildman–Crippen LogP) is 2.28. The quantitative estimate of drug-likeness (QED) is 0.574. The van der Waals surface area contributed by atoms with Crippen LogP contribution >= 0.6 is 15.9 Å². The number of carboxylic acid groups (broad SMARTS) is 1. The number of hydrogen-bond donors (Lipinski definition) is 3. The van der Waals surface area contributed by atoms with E-state index in [4.69, 9.17) is 10.8 Å². The van der Waals surface area contributed by atoms with E-state index < -0.39 is 5.97 Å². The number of nitrogens with zero attached hydrogens (tertiary/aromatic N) is 1. The van der Waals surface area contributed by atoms with Gasteiger partial charge < -0.3 is 20.7 Å². The minimum atomic E-state index is -1.01. The fourth-order valence-electron chi connectivity index (χ4n) is 1.26. The van der Waals surface area contributed by atoms with E-state index in [1.807, 2.05) is 0 Å². The highest BCUT2D eigenvalue weighted by molar-refractivity contribution is 9.09. The van der Waals surface area contributed by atoms with E-state index in [2.05, 4.69) is 30.9 Å². The molecule has 2 rings (SSSR count). The fourth-order valence-corrected chi connectivity index (χ4v) is 1.41. The summed E-state index contributed by atoms with van der Waals surface area (Å²) in [4.78, 5) is 21.1. The lowest BCUT2D eigenvalue weighted by molar-refractivity contribution is -0.113. The van der Waals surface area contributed by atoms with E-state index in [0.717, 1.165) is 5.69 Å². The molecule has 1 aromatic carbocycles. The number of aryl methyl sites for hydroxylation is 1. The van der Waals surface area contributed by atoms with Gasteiger partial charge in [-0.15, -0.1) is 0 Å².